The van der Waals surface area contributed by atoms with Crippen LogP contribution >= 0.6 is 11.6 Å². The molecule has 1 heterocycles. The van der Waals surface area contributed by atoms with Crippen LogP contribution in [-0.4, -0.2) is 54.3 Å². The predicted octanol–water partition coefficient (Wildman–Crippen LogP) is 3.66. The van der Waals surface area contributed by atoms with Gasteiger partial charge in [0.25, 0.3) is 5.91 Å². The lowest BCUT2D eigenvalue weighted by Gasteiger charge is -2.34. The summed E-state index contributed by atoms with van der Waals surface area (Å²) in [6.07, 6.45) is 0. The number of aryl methyl sites for hydroxylation is 3. The van der Waals surface area contributed by atoms with Crippen molar-refractivity contribution in [2.45, 2.75) is 20.8 Å². The Bertz CT molecular complexity index is 889. The lowest BCUT2D eigenvalue weighted by molar-refractivity contribution is -0.117. The smallest absolute Gasteiger partial charge is 0.253 e. The molecule has 148 valence electrons. The minimum absolute atomic E-state index is 0.0543. The number of hydrogen-bond donors (Lipinski definition) is 1. The second-order valence-electron chi connectivity index (χ2n) is 7.40. The van der Waals surface area contributed by atoms with Crippen molar-refractivity contribution in [3.63, 3.8) is 0 Å². The molecule has 1 aliphatic rings. The first-order chi connectivity index (χ1) is 13.3. The van der Waals surface area contributed by atoms with Gasteiger partial charge in [0.05, 0.1) is 17.3 Å². The Balaban J connectivity index is 1.51. The van der Waals surface area contributed by atoms with Crippen molar-refractivity contribution in [3.05, 3.63) is 63.7 Å². The first-order valence-electron chi connectivity index (χ1n) is 9.48. The summed E-state index contributed by atoms with van der Waals surface area (Å²) in [5, 5.41) is 3.40. The van der Waals surface area contributed by atoms with Gasteiger partial charge in [-0.1, -0.05) is 23.7 Å². The third-order valence-corrected chi connectivity index (χ3v) is 5.49. The van der Waals surface area contributed by atoms with Crippen LogP contribution in [0.2, 0.25) is 5.02 Å². The average Bonchev–Trinajstić information content (AvgIpc) is 2.66. The van der Waals surface area contributed by atoms with Crippen molar-refractivity contribution in [2.24, 2.45) is 0 Å². The summed E-state index contributed by atoms with van der Waals surface area (Å²) in [6.45, 7) is 8.87. The number of rotatable bonds is 4. The summed E-state index contributed by atoms with van der Waals surface area (Å²) in [5.41, 5.74) is 4.70. The molecule has 1 N–H and O–H groups in total. The minimum atomic E-state index is -0.0975. The lowest BCUT2D eigenvalue weighted by Crippen LogP contribution is -2.50. The highest BCUT2D eigenvalue weighted by molar-refractivity contribution is 6.33. The van der Waals surface area contributed by atoms with Gasteiger partial charge in [0, 0.05) is 31.7 Å². The maximum absolute atomic E-state index is 12.7. The van der Waals surface area contributed by atoms with Gasteiger partial charge in [-0.2, -0.15) is 0 Å². The Morgan fingerprint density at radius 1 is 0.964 bits per heavy atom. The van der Waals surface area contributed by atoms with Crippen LogP contribution in [0.15, 0.2) is 36.4 Å². The van der Waals surface area contributed by atoms with Gasteiger partial charge in [-0.05, 0) is 61.7 Å². The summed E-state index contributed by atoms with van der Waals surface area (Å²) in [7, 11) is 0. The maximum Gasteiger partial charge on any atom is 0.253 e. The standard InChI is InChI=1S/C22H26ClN3O2/c1-15-4-7-20(19(23)12-15)24-21(27)14-25-8-10-26(11-9-25)22(28)18-6-5-16(2)17(3)13-18/h4-7,12-13H,8-11,14H2,1-3H3,(H,24,27). The Morgan fingerprint density at radius 2 is 1.68 bits per heavy atom. The molecule has 6 heteroatoms. The summed E-state index contributed by atoms with van der Waals surface area (Å²) < 4.78 is 0. The molecule has 3 rings (SSSR count). The van der Waals surface area contributed by atoms with Crippen molar-refractivity contribution < 1.29 is 9.59 Å². The molecular weight excluding hydrogens is 374 g/mol. The predicted molar refractivity (Wildman–Crippen MR) is 113 cm³/mol. The van der Waals surface area contributed by atoms with Crippen molar-refractivity contribution in [2.75, 3.05) is 38.0 Å². The van der Waals surface area contributed by atoms with Crippen LogP contribution in [0.3, 0.4) is 0 Å². The van der Waals surface area contributed by atoms with Crippen LogP contribution in [0.1, 0.15) is 27.0 Å². The van der Waals surface area contributed by atoms with Crippen LogP contribution in [0.5, 0.6) is 0 Å². The molecule has 0 bridgehead atoms. The van der Waals surface area contributed by atoms with Gasteiger partial charge in [-0.25, -0.2) is 0 Å². The molecule has 0 aliphatic carbocycles. The van der Waals surface area contributed by atoms with Crippen LogP contribution in [0, 0.1) is 20.8 Å². The number of amides is 2. The van der Waals surface area contributed by atoms with Gasteiger partial charge in [-0.3, -0.25) is 14.5 Å². The molecule has 0 saturated carbocycles. The van der Waals surface area contributed by atoms with E-state index in [0.29, 0.717) is 36.9 Å². The van der Waals surface area contributed by atoms with Gasteiger partial charge >= 0.3 is 0 Å². The lowest BCUT2D eigenvalue weighted by atomic mass is 10.1. The number of benzene rings is 2. The van der Waals surface area contributed by atoms with Crippen LogP contribution in [-0.2, 0) is 4.79 Å². The Morgan fingerprint density at radius 3 is 2.32 bits per heavy atom. The third-order valence-electron chi connectivity index (χ3n) is 5.18. The Hall–Kier alpha value is -2.37. The van der Waals surface area contributed by atoms with Crippen molar-refractivity contribution in [3.8, 4) is 0 Å². The number of nitrogens with one attached hydrogen (secondary N) is 1. The number of nitrogens with zero attached hydrogens (tertiary/aromatic N) is 2. The highest BCUT2D eigenvalue weighted by Gasteiger charge is 2.23. The van der Waals surface area contributed by atoms with Crippen LogP contribution in [0.25, 0.3) is 0 Å². The summed E-state index contributed by atoms with van der Waals surface area (Å²) in [5.74, 6) is -0.0432. The molecule has 2 aromatic carbocycles. The molecule has 2 aromatic rings. The molecule has 1 aliphatic heterocycles. The van der Waals surface area contributed by atoms with Crippen LogP contribution in [0.4, 0.5) is 5.69 Å². The minimum Gasteiger partial charge on any atom is -0.336 e. The van der Waals surface area contributed by atoms with Crippen molar-refractivity contribution in [1.82, 2.24) is 9.80 Å². The number of anilines is 1. The molecule has 5 nitrogen and oxygen atoms in total. The number of piperazine rings is 1. The van der Waals surface area contributed by atoms with E-state index in [4.69, 9.17) is 11.6 Å². The zero-order valence-electron chi connectivity index (χ0n) is 16.6. The van der Waals surface area contributed by atoms with E-state index in [9.17, 15) is 9.59 Å². The quantitative estimate of drug-likeness (QED) is 0.853. The summed E-state index contributed by atoms with van der Waals surface area (Å²) in [6, 6.07) is 11.4. The van der Waals surface area contributed by atoms with Crippen molar-refractivity contribution >= 4 is 29.1 Å². The number of carbonyl (C=O) groups excluding carboxylic acids is 2. The Kier molecular flexibility index (Phi) is 6.37. The molecule has 2 amide bonds. The van der Waals surface area contributed by atoms with E-state index in [0.717, 1.165) is 16.7 Å². The third kappa shape index (κ3) is 4.91. The van der Waals surface area contributed by atoms with Gasteiger partial charge in [0.15, 0.2) is 0 Å². The van der Waals surface area contributed by atoms with Gasteiger partial charge < -0.3 is 10.2 Å². The number of carbonyl (C=O) groups is 2. The highest BCUT2D eigenvalue weighted by Crippen LogP contribution is 2.22. The van der Waals surface area contributed by atoms with E-state index in [1.54, 1.807) is 0 Å². The van der Waals surface area contributed by atoms with E-state index in [2.05, 4.69) is 10.2 Å². The first-order valence-corrected chi connectivity index (χ1v) is 9.86. The van der Waals surface area contributed by atoms with Gasteiger partial charge in [0.1, 0.15) is 0 Å². The molecule has 1 saturated heterocycles. The highest BCUT2D eigenvalue weighted by atomic mass is 35.5. The van der Waals surface area contributed by atoms with Crippen LogP contribution < -0.4 is 5.32 Å². The zero-order chi connectivity index (χ0) is 20.3. The molecule has 1 fully saturated rings. The van der Waals surface area contributed by atoms with E-state index in [1.807, 2.05) is 62.1 Å². The van der Waals surface area contributed by atoms with E-state index < -0.39 is 0 Å². The van der Waals surface area contributed by atoms with E-state index in [-0.39, 0.29) is 18.4 Å². The number of halogens is 1. The molecule has 0 atom stereocenters. The summed E-state index contributed by atoms with van der Waals surface area (Å²) in [4.78, 5) is 29.0. The fraction of sp³-hybridized carbons (Fsp3) is 0.364. The fourth-order valence-electron chi connectivity index (χ4n) is 3.28. The topological polar surface area (TPSA) is 52.7 Å². The van der Waals surface area contributed by atoms with E-state index in [1.165, 1.54) is 5.56 Å². The average molecular weight is 400 g/mol. The SMILES string of the molecule is Cc1ccc(NC(=O)CN2CCN(C(=O)c3ccc(C)c(C)c3)CC2)c(Cl)c1. The van der Waals surface area contributed by atoms with Crippen molar-refractivity contribution in [1.29, 1.82) is 0 Å². The number of hydrogen-bond acceptors (Lipinski definition) is 3. The second-order valence-corrected chi connectivity index (χ2v) is 7.81. The molecule has 0 spiro atoms. The van der Waals surface area contributed by atoms with Gasteiger partial charge in [0.2, 0.25) is 5.91 Å². The first kappa shape index (κ1) is 20.4. The Labute approximate surface area is 171 Å². The van der Waals surface area contributed by atoms with Gasteiger partial charge in [-0.15, -0.1) is 0 Å². The van der Waals surface area contributed by atoms with E-state index >= 15 is 0 Å². The molecule has 0 aromatic heterocycles. The molecule has 0 unspecified atom stereocenters. The second kappa shape index (κ2) is 8.76. The monoisotopic (exact) mass is 399 g/mol. The zero-order valence-corrected chi connectivity index (χ0v) is 17.3. The largest absolute Gasteiger partial charge is 0.336 e. The molecule has 28 heavy (non-hydrogen) atoms. The summed E-state index contributed by atoms with van der Waals surface area (Å²) >= 11 is 6.18. The normalized spacial score (nSPS) is 14.8. The fourth-order valence-corrected chi connectivity index (χ4v) is 3.56. The maximum atomic E-state index is 12.7. The molecule has 0 radical (unpaired) electrons. The molecular formula is C22H26ClN3O2.